The highest BCUT2D eigenvalue weighted by molar-refractivity contribution is 5.20. The molecule has 128 valence electrons. The summed E-state index contributed by atoms with van der Waals surface area (Å²) in [7, 11) is 0. The Morgan fingerprint density at radius 3 is 1.78 bits per heavy atom. The van der Waals surface area contributed by atoms with E-state index in [0.29, 0.717) is 0 Å². The van der Waals surface area contributed by atoms with Crippen LogP contribution in [0.2, 0.25) is 0 Å². The molecular weight excluding hydrogens is 288 g/mol. The first-order valence-electron chi connectivity index (χ1n) is 9.35. The standard InChI is InChI=1S/C20H30O3/c1-19(18-14-10-9-11-15-18)21-20(23-22-19)16-12-7-5-3-2-4-6-8-13-17-20/h9-11,14-15H,2-8,12-13,16-17H2,1H3. The lowest BCUT2D eigenvalue weighted by molar-refractivity contribution is -0.353. The first kappa shape index (κ1) is 16.9. The van der Waals surface area contributed by atoms with Gasteiger partial charge >= 0.3 is 0 Å². The summed E-state index contributed by atoms with van der Waals surface area (Å²) in [6.45, 7) is 1.97. The number of ether oxygens (including phenoxy) is 1. The Morgan fingerprint density at radius 2 is 1.22 bits per heavy atom. The maximum Gasteiger partial charge on any atom is 0.227 e. The molecule has 1 aliphatic carbocycles. The molecule has 0 aromatic heterocycles. The molecule has 0 bridgehead atoms. The van der Waals surface area contributed by atoms with Gasteiger partial charge in [-0.05, 0) is 19.8 Å². The topological polar surface area (TPSA) is 27.7 Å². The zero-order valence-corrected chi connectivity index (χ0v) is 14.4. The Morgan fingerprint density at radius 1 is 0.696 bits per heavy atom. The van der Waals surface area contributed by atoms with Crippen LogP contribution < -0.4 is 0 Å². The fraction of sp³-hybridized carbons (Fsp3) is 0.700. The van der Waals surface area contributed by atoms with Crippen LogP contribution in [-0.2, 0) is 20.3 Å². The fourth-order valence-electron chi connectivity index (χ4n) is 3.73. The van der Waals surface area contributed by atoms with Crippen molar-refractivity contribution >= 4 is 0 Å². The molecule has 1 aliphatic heterocycles. The summed E-state index contributed by atoms with van der Waals surface area (Å²) < 4.78 is 6.42. The average Bonchev–Trinajstić information content (AvgIpc) is 2.91. The van der Waals surface area contributed by atoms with Gasteiger partial charge in [0.1, 0.15) is 0 Å². The largest absolute Gasteiger partial charge is 0.308 e. The molecule has 3 nitrogen and oxygen atoms in total. The molecule has 1 aromatic rings. The number of hydrogen-bond acceptors (Lipinski definition) is 3. The second kappa shape index (κ2) is 7.78. The van der Waals surface area contributed by atoms with E-state index in [-0.39, 0.29) is 0 Å². The summed E-state index contributed by atoms with van der Waals surface area (Å²) in [4.78, 5) is 11.6. The molecule has 0 N–H and O–H groups in total. The minimum absolute atomic E-state index is 0.566. The van der Waals surface area contributed by atoms with Gasteiger partial charge in [0.05, 0.1) is 0 Å². The third-order valence-corrected chi connectivity index (χ3v) is 5.15. The van der Waals surface area contributed by atoms with E-state index in [4.69, 9.17) is 14.5 Å². The SMILES string of the molecule is CC1(c2ccccc2)OOC2(CCCCCCCCCCC2)O1. The van der Waals surface area contributed by atoms with Gasteiger partial charge in [0.2, 0.25) is 11.6 Å². The highest BCUT2D eigenvalue weighted by atomic mass is 17.3. The van der Waals surface area contributed by atoms with Gasteiger partial charge < -0.3 is 4.74 Å². The van der Waals surface area contributed by atoms with E-state index in [0.717, 1.165) is 31.2 Å². The molecule has 23 heavy (non-hydrogen) atoms. The van der Waals surface area contributed by atoms with E-state index in [2.05, 4.69) is 0 Å². The highest BCUT2D eigenvalue weighted by Crippen LogP contribution is 2.45. The minimum atomic E-state index is -0.793. The summed E-state index contributed by atoms with van der Waals surface area (Å²) in [5.74, 6) is -1.36. The lowest BCUT2D eigenvalue weighted by Gasteiger charge is -2.28. The predicted octanol–water partition coefficient (Wildman–Crippen LogP) is 5.84. The molecule has 1 saturated heterocycles. The molecular formula is C20H30O3. The van der Waals surface area contributed by atoms with Crippen molar-refractivity contribution < 1.29 is 14.5 Å². The van der Waals surface area contributed by atoms with E-state index >= 15 is 0 Å². The summed E-state index contributed by atoms with van der Waals surface area (Å²) in [6.07, 6.45) is 13.5. The molecule has 1 spiro atoms. The van der Waals surface area contributed by atoms with Crippen molar-refractivity contribution in [2.45, 2.75) is 89.1 Å². The Labute approximate surface area is 140 Å². The molecule has 1 heterocycles. The quantitative estimate of drug-likeness (QED) is 0.609. The second-order valence-corrected chi connectivity index (χ2v) is 7.17. The van der Waals surface area contributed by atoms with Crippen LogP contribution in [0.15, 0.2) is 30.3 Å². The molecule has 1 unspecified atom stereocenters. The van der Waals surface area contributed by atoms with Crippen molar-refractivity contribution in [3.63, 3.8) is 0 Å². The Kier molecular flexibility index (Phi) is 5.73. The third-order valence-electron chi connectivity index (χ3n) is 5.15. The van der Waals surface area contributed by atoms with Gasteiger partial charge in [0.25, 0.3) is 0 Å². The first-order chi connectivity index (χ1) is 11.2. The fourth-order valence-corrected chi connectivity index (χ4v) is 3.73. The van der Waals surface area contributed by atoms with Crippen LogP contribution in [0.25, 0.3) is 0 Å². The van der Waals surface area contributed by atoms with Crippen LogP contribution in [0.5, 0.6) is 0 Å². The Bertz CT molecular complexity index is 461. The van der Waals surface area contributed by atoms with Gasteiger partial charge in [-0.2, -0.15) is 9.78 Å². The van der Waals surface area contributed by atoms with E-state index in [9.17, 15) is 0 Å². The van der Waals surface area contributed by atoms with Crippen molar-refractivity contribution in [2.24, 2.45) is 0 Å². The minimum Gasteiger partial charge on any atom is -0.308 e. The number of rotatable bonds is 1. The van der Waals surface area contributed by atoms with Crippen LogP contribution >= 0.6 is 0 Å². The maximum absolute atomic E-state index is 6.42. The average molecular weight is 318 g/mol. The maximum atomic E-state index is 6.42. The number of benzene rings is 1. The summed E-state index contributed by atoms with van der Waals surface area (Å²) in [6, 6.07) is 10.1. The summed E-state index contributed by atoms with van der Waals surface area (Å²) >= 11 is 0. The van der Waals surface area contributed by atoms with Crippen LogP contribution in [0.1, 0.15) is 83.1 Å². The Hall–Kier alpha value is -0.900. The smallest absolute Gasteiger partial charge is 0.227 e. The van der Waals surface area contributed by atoms with E-state index in [1.165, 1.54) is 44.9 Å². The van der Waals surface area contributed by atoms with Crippen molar-refractivity contribution in [1.29, 1.82) is 0 Å². The van der Waals surface area contributed by atoms with Crippen molar-refractivity contribution in [2.75, 3.05) is 0 Å². The first-order valence-corrected chi connectivity index (χ1v) is 9.35. The lowest BCUT2D eigenvalue weighted by Crippen LogP contribution is -2.33. The monoisotopic (exact) mass is 318 g/mol. The molecule has 1 aromatic carbocycles. The molecule has 3 heteroatoms. The number of hydrogen-bond donors (Lipinski definition) is 0. The van der Waals surface area contributed by atoms with Crippen LogP contribution in [0, 0.1) is 0 Å². The second-order valence-electron chi connectivity index (χ2n) is 7.17. The summed E-state index contributed by atoms with van der Waals surface area (Å²) in [5, 5.41) is 0. The molecule has 0 radical (unpaired) electrons. The van der Waals surface area contributed by atoms with Crippen molar-refractivity contribution in [1.82, 2.24) is 0 Å². The summed E-state index contributed by atoms with van der Waals surface area (Å²) in [5.41, 5.74) is 1.02. The van der Waals surface area contributed by atoms with Gasteiger partial charge in [-0.3, -0.25) is 0 Å². The molecule has 1 saturated carbocycles. The van der Waals surface area contributed by atoms with E-state index in [1.807, 2.05) is 37.3 Å². The van der Waals surface area contributed by atoms with Crippen LogP contribution in [0.3, 0.4) is 0 Å². The molecule has 2 aliphatic rings. The van der Waals surface area contributed by atoms with Crippen LogP contribution in [-0.4, -0.2) is 5.79 Å². The van der Waals surface area contributed by atoms with Crippen molar-refractivity contribution in [3.05, 3.63) is 35.9 Å². The Balaban J connectivity index is 1.68. The molecule has 3 rings (SSSR count). The third kappa shape index (κ3) is 4.34. The van der Waals surface area contributed by atoms with E-state index in [1.54, 1.807) is 0 Å². The van der Waals surface area contributed by atoms with Gasteiger partial charge in [-0.1, -0.05) is 75.3 Å². The lowest BCUT2D eigenvalue weighted by atomic mass is 9.96. The molecule has 2 fully saturated rings. The van der Waals surface area contributed by atoms with Gasteiger partial charge in [-0.15, -0.1) is 0 Å². The normalized spacial score (nSPS) is 29.8. The van der Waals surface area contributed by atoms with Crippen molar-refractivity contribution in [3.8, 4) is 0 Å². The van der Waals surface area contributed by atoms with Crippen LogP contribution in [0.4, 0.5) is 0 Å². The zero-order chi connectivity index (χ0) is 16.0. The van der Waals surface area contributed by atoms with Gasteiger partial charge in [-0.25, -0.2) is 0 Å². The molecule has 1 atom stereocenters. The van der Waals surface area contributed by atoms with Gasteiger partial charge in [0.15, 0.2) is 0 Å². The predicted molar refractivity (Wildman–Crippen MR) is 90.6 cm³/mol. The van der Waals surface area contributed by atoms with Gasteiger partial charge in [0, 0.05) is 18.4 Å². The zero-order valence-electron chi connectivity index (χ0n) is 14.4. The highest BCUT2D eigenvalue weighted by Gasteiger charge is 2.50. The molecule has 0 amide bonds. The van der Waals surface area contributed by atoms with E-state index < -0.39 is 11.6 Å².